The Hall–Kier alpha value is -1.07. The summed E-state index contributed by atoms with van der Waals surface area (Å²) in [6.07, 6.45) is 3.32. The monoisotopic (exact) mass is 243 g/mol. The molecular formula is C10H14ClN3O2. The summed E-state index contributed by atoms with van der Waals surface area (Å²) >= 11 is 6.00. The van der Waals surface area contributed by atoms with Crippen LogP contribution in [-0.2, 0) is 7.05 Å². The summed E-state index contributed by atoms with van der Waals surface area (Å²) in [6, 6.07) is -0.00685. The first-order chi connectivity index (χ1) is 7.65. The van der Waals surface area contributed by atoms with Crippen molar-refractivity contribution in [3.63, 3.8) is 0 Å². The molecule has 1 fully saturated rings. The number of aliphatic hydroxyl groups excluding tert-OH is 1. The van der Waals surface area contributed by atoms with Crippen LogP contribution >= 0.6 is 11.6 Å². The van der Waals surface area contributed by atoms with Crippen LogP contribution in [-0.4, -0.2) is 34.1 Å². The Balaban J connectivity index is 2.47. The summed E-state index contributed by atoms with van der Waals surface area (Å²) in [5.74, 6) is 0. The van der Waals surface area contributed by atoms with Crippen molar-refractivity contribution in [3.8, 4) is 0 Å². The lowest BCUT2D eigenvalue weighted by molar-refractivity contribution is 0.266. The maximum atomic E-state index is 11.9. The van der Waals surface area contributed by atoms with E-state index in [4.69, 9.17) is 11.6 Å². The number of anilines is 1. The fraction of sp³-hybridized carbons (Fsp3) is 0.600. The highest BCUT2D eigenvalue weighted by Gasteiger charge is 2.28. The van der Waals surface area contributed by atoms with Gasteiger partial charge < -0.3 is 10.0 Å². The highest BCUT2D eigenvalue weighted by Crippen LogP contribution is 2.27. The van der Waals surface area contributed by atoms with Crippen molar-refractivity contribution in [1.29, 1.82) is 0 Å². The first-order valence-corrected chi connectivity index (χ1v) is 5.62. The molecule has 2 rings (SSSR count). The molecule has 0 saturated carbocycles. The first-order valence-electron chi connectivity index (χ1n) is 5.24. The van der Waals surface area contributed by atoms with Gasteiger partial charge in [0.2, 0.25) is 0 Å². The van der Waals surface area contributed by atoms with Gasteiger partial charge in [-0.1, -0.05) is 11.6 Å². The predicted octanol–water partition coefficient (Wildman–Crippen LogP) is 0.395. The van der Waals surface area contributed by atoms with Crippen LogP contribution in [0.2, 0.25) is 5.02 Å². The van der Waals surface area contributed by atoms with E-state index in [0.29, 0.717) is 10.7 Å². The van der Waals surface area contributed by atoms with Gasteiger partial charge in [0.25, 0.3) is 5.56 Å². The molecule has 0 bridgehead atoms. The molecule has 1 aliphatic heterocycles. The van der Waals surface area contributed by atoms with Gasteiger partial charge in [-0.05, 0) is 12.8 Å². The molecule has 1 unspecified atom stereocenters. The van der Waals surface area contributed by atoms with Crippen LogP contribution in [0, 0.1) is 0 Å². The maximum Gasteiger partial charge on any atom is 0.291 e. The minimum atomic E-state index is -0.215. The van der Waals surface area contributed by atoms with E-state index in [0.717, 1.165) is 19.4 Å². The van der Waals surface area contributed by atoms with E-state index in [9.17, 15) is 9.90 Å². The Morgan fingerprint density at radius 3 is 3.12 bits per heavy atom. The van der Waals surface area contributed by atoms with E-state index in [1.54, 1.807) is 7.05 Å². The van der Waals surface area contributed by atoms with E-state index >= 15 is 0 Å². The summed E-state index contributed by atoms with van der Waals surface area (Å²) in [7, 11) is 1.59. The number of halogens is 1. The zero-order valence-electron chi connectivity index (χ0n) is 9.06. The number of aromatic nitrogens is 2. The van der Waals surface area contributed by atoms with E-state index in [2.05, 4.69) is 5.10 Å². The van der Waals surface area contributed by atoms with Gasteiger partial charge in [0.1, 0.15) is 5.69 Å². The predicted molar refractivity (Wildman–Crippen MR) is 61.9 cm³/mol. The van der Waals surface area contributed by atoms with Crippen molar-refractivity contribution >= 4 is 17.3 Å². The topological polar surface area (TPSA) is 58.4 Å². The van der Waals surface area contributed by atoms with Crippen molar-refractivity contribution in [2.45, 2.75) is 18.9 Å². The first kappa shape index (κ1) is 11.4. The molecular weight excluding hydrogens is 230 g/mol. The van der Waals surface area contributed by atoms with Crippen LogP contribution in [0.3, 0.4) is 0 Å². The molecule has 2 heterocycles. The molecule has 6 heteroatoms. The number of hydrogen-bond acceptors (Lipinski definition) is 4. The second kappa shape index (κ2) is 4.43. The Morgan fingerprint density at radius 2 is 2.44 bits per heavy atom. The van der Waals surface area contributed by atoms with Crippen LogP contribution in [0.15, 0.2) is 11.0 Å². The molecule has 0 aromatic carbocycles. The Kier molecular flexibility index (Phi) is 3.16. The van der Waals surface area contributed by atoms with Crippen molar-refractivity contribution < 1.29 is 5.11 Å². The summed E-state index contributed by atoms with van der Waals surface area (Å²) in [5.41, 5.74) is 0.239. The number of aryl methyl sites for hydroxylation is 1. The van der Waals surface area contributed by atoms with E-state index in [-0.39, 0.29) is 18.2 Å². The van der Waals surface area contributed by atoms with Gasteiger partial charge in [-0.15, -0.1) is 0 Å². The summed E-state index contributed by atoms with van der Waals surface area (Å²) < 4.78 is 1.26. The third-order valence-corrected chi connectivity index (χ3v) is 3.22. The van der Waals surface area contributed by atoms with Crippen LogP contribution < -0.4 is 10.5 Å². The fourth-order valence-electron chi connectivity index (χ4n) is 2.09. The van der Waals surface area contributed by atoms with Crippen molar-refractivity contribution in [2.75, 3.05) is 18.1 Å². The van der Waals surface area contributed by atoms with Crippen molar-refractivity contribution in [1.82, 2.24) is 9.78 Å². The third-order valence-electron chi connectivity index (χ3n) is 2.94. The second-order valence-corrected chi connectivity index (χ2v) is 4.35. The molecule has 1 aromatic heterocycles. The average Bonchev–Trinajstić information content (AvgIpc) is 2.72. The average molecular weight is 244 g/mol. The van der Waals surface area contributed by atoms with Gasteiger partial charge in [0.05, 0.1) is 23.9 Å². The molecule has 1 atom stereocenters. The van der Waals surface area contributed by atoms with Crippen LogP contribution in [0.5, 0.6) is 0 Å². The molecule has 88 valence electrons. The van der Waals surface area contributed by atoms with Gasteiger partial charge >= 0.3 is 0 Å². The van der Waals surface area contributed by atoms with E-state index in [1.165, 1.54) is 10.9 Å². The lowest BCUT2D eigenvalue weighted by Gasteiger charge is -2.25. The van der Waals surface area contributed by atoms with Crippen LogP contribution in [0.25, 0.3) is 0 Å². The lowest BCUT2D eigenvalue weighted by Crippen LogP contribution is -2.38. The quantitative estimate of drug-likeness (QED) is 0.817. The number of nitrogens with zero attached hydrogens (tertiary/aromatic N) is 3. The maximum absolute atomic E-state index is 11.9. The third kappa shape index (κ3) is 1.81. The minimum Gasteiger partial charge on any atom is -0.394 e. The minimum absolute atomic E-state index is 0.00685. The van der Waals surface area contributed by atoms with E-state index in [1.807, 2.05) is 4.90 Å². The smallest absolute Gasteiger partial charge is 0.291 e. The largest absolute Gasteiger partial charge is 0.394 e. The zero-order valence-corrected chi connectivity index (χ0v) is 9.81. The zero-order chi connectivity index (χ0) is 11.7. The van der Waals surface area contributed by atoms with Gasteiger partial charge in [-0.25, -0.2) is 4.68 Å². The van der Waals surface area contributed by atoms with Crippen molar-refractivity contribution in [3.05, 3.63) is 21.6 Å². The van der Waals surface area contributed by atoms with Crippen LogP contribution in [0.1, 0.15) is 12.8 Å². The lowest BCUT2D eigenvalue weighted by atomic mass is 10.2. The fourth-order valence-corrected chi connectivity index (χ4v) is 2.32. The Bertz CT molecular complexity index is 446. The second-order valence-electron chi connectivity index (χ2n) is 3.94. The Morgan fingerprint density at radius 1 is 1.69 bits per heavy atom. The highest BCUT2D eigenvalue weighted by atomic mass is 35.5. The molecule has 0 aliphatic carbocycles. The molecule has 1 aliphatic rings. The van der Waals surface area contributed by atoms with Crippen molar-refractivity contribution in [2.24, 2.45) is 7.05 Å². The molecule has 0 spiro atoms. The summed E-state index contributed by atoms with van der Waals surface area (Å²) in [6.45, 7) is 0.798. The number of rotatable bonds is 2. The molecule has 0 amide bonds. The van der Waals surface area contributed by atoms with Gasteiger partial charge in [0, 0.05) is 13.6 Å². The van der Waals surface area contributed by atoms with Gasteiger partial charge in [-0.3, -0.25) is 4.79 Å². The Labute approximate surface area is 98.3 Å². The SMILES string of the molecule is Cn1ncc(Cl)c(N2CCCC2CO)c1=O. The molecule has 1 N–H and O–H groups in total. The number of hydrogen-bond donors (Lipinski definition) is 1. The molecule has 1 aromatic rings. The summed E-state index contributed by atoms with van der Waals surface area (Å²) in [5, 5.41) is 13.4. The molecule has 16 heavy (non-hydrogen) atoms. The molecule has 5 nitrogen and oxygen atoms in total. The number of aliphatic hydroxyl groups is 1. The molecule has 1 saturated heterocycles. The standard InChI is InChI=1S/C10H14ClN3O2/c1-13-10(16)9(8(11)5-12-13)14-4-2-3-7(14)6-15/h5,7,15H,2-4,6H2,1H3. The summed E-state index contributed by atoms with van der Waals surface area (Å²) in [4.78, 5) is 13.8. The van der Waals surface area contributed by atoms with E-state index < -0.39 is 0 Å². The van der Waals surface area contributed by atoms with Gasteiger partial charge in [0.15, 0.2) is 0 Å². The molecule has 0 radical (unpaired) electrons. The normalized spacial score (nSPS) is 20.4. The van der Waals surface area contributed by atoms with Crippen LogP contribution in [0.4, 0.5) is 5.69 Å². The highest BCUT2D eigenvalue weighted by molar-refractivity contribution is 6.33. The van der Waals surface area contributed by atoms with Gasteiger partial charge in [-0.2, -0.15) is 5.10 Å².